The van der Waals surface area contributed by atoms with Crippen LogP contribution in [0.4, 0.5) is 5.69 Å². The van der Waals surface area contributed by atoms with Crippen molar-refractivity contribution < 1.29 is 19.1 Å². The monoisotopic (exact) mass is 490 g/mol. The maximum atomic E-state index is 13.9. The van der Waals surface area contributed by atoms with Crippen LogP contribution in [0.5, 0.6) is 11.5 Å². The quantitative estimate of drug-likeness (QED) is 0.489. The molecule has 182 valence electrons. The molecule has 2 amide bonds. The fraction of sp³-hybridized carbons (Fsp3) is 0.357. The lowest BCUT2D eigenvalue weighted by Gasteiger charge is -2.34. The highest BCUT2D eigenvalue weighted by atomic mass is 32.1. The molecule has 0 unspecified atom stereocenters. The van der Waals surface area contributed by atoms with E-state index in [0.29, 0.717) is 30.4 Å². The molecule has 1 aliphatic carbocycles. The SMILES string of the molecule is O=C(NC1CCCCC1)[C@H](c1ccccc1)N(C(=O)Cc1ccsc1)c1ccc2c(c1)OCCO2. The molecule has 35 heavy (non-hydrogen) atoms. The lowest BCUT2D eigenvalue weighted by atomic mass is 9.94. The van der Waals surface area contributed by atoms with Crippen LogP contribution in [-0.2, 0) is 16.0 Å². The third kappa shape index (κ3) is 5.51. The van der Waals surface area contributed by atoms with Gasteiger partial charge in [-0.2, -0.15) is 11.3 Å². The second-order valence-corrected chi connectivity index (χ2v) is 9.84. The maximum Gasteiger partial charge on any atom is 0.248 e. The number of rotatable bonds is 7. The predicted molar refractivity (Wildman–Crippen MR) is 137 cm³/mol. The van der Waals surface area contributed by atoms with Crippen molar-refractivity contribution in [2.45, 2.75) is 50.6 Å². The zero-order valence-corrected chi connectivity index (χ0v) is 20.5. The molecule has 2 heterocycles. The van der Waals surface area contributed by atoms with Gasteiger partial charge in [-0.05, 0) is 52.9 Å². The molecule has 1 aromatic heterocycles. The number of amides is 2. The number of fused-ring (bicyclic) bond motifs is 1. The van der Waals surface area contributed by atoms with Crippen molar-refractivity contribution in [3.63, 3.8) is 0 Å². The van der Waals surface area contributed by atoms with Crippen LogP contribution in [0.3, 0.4) is 0 Å². The van der Waals surface area contributed by atoms with E-state index in [2.05, 4.69) is 5.32 Å². The molecule has 2 aliphatic rings. The number of carbonyl (C=O) groups is 2. The second-order valence-electron chi connectivity index (χ2n) is 9.06. The van der Waals surface area contributed by atoms with E-state index in [-0.39, 0.29) is 24.3 Å². The molecule has 5 rings (SSSR count). The largest absolute Gasteiger partial charge is 0.486 e. The summed E-state index contributed by atoms with van der Waals surface area (Å²) >= 11 is 1.56. The number of thiophene rings is 1. The van der Waals surface area contributed by atoms with Crippen molar-refractivity contribution in [1.29, 1.82) is 0 Å². The fourth-order valence-corrected chi connectivity index (χ4v) is 5.52. The summed E-state index contributed by atoms with van der Waals surface area (Å²) in [6.07, 6.45) is 5.59. The molecule has 1 N–H and O–H groups in total. The summed E-state index contributed by atoms with van der Waals surface area (Å²) in [5.74, 6) is 0.930. The number of benzene rings is 2. The van der Waals surface area contributed by atoms with Crippen LogP contribution in [-0.4, -0.2) is 31.1 Å². The molecule has 1 atom stereocenters. The van der Waals surface area contributed by atoms with Crippen molar-refractivity contribution in [2.24, 2.45) is 0 Å². The Hall–Kier alpha value is -3.32. The molecule has 0 radical (unpaired) electrons. The lowest BCUT2D eigenvalue weighted by Crippen LogP contribution is -2.47. The molecule has 1 saturated carbocycles. The van der Waals surface area contributed by atoms with Gasteiger partial charge in [0.2, 0.25) is 11.8 Å². The minimum absolute atomic E-state index is 0.136. The minimum Gasteiger partial charge on any atom is -0.486 e. The summed E-state index contributed by atoms with van der Waals surface area (Å²) in [5, 5.41) is 7.19. The van der Waals surface area contributed by atoms with Gasteiger partial charge >= 0.3 is 0 Å². The number of hydrogen-bond acceptors (Lipinski definition) is 5. The van der Waals surface area contributed by atoms with Crippen molar-refractivity contribution in [2.75, 3.05) is 18.1 Å². The molecule has 7 heteroatoms. The number of nitrogens with zero attached hydrogens (tertiary/aromatic N) is 1. The molecule has 0 spiro atoms. The van der Waals surface area contributed by atoms with Gasteiger partial charge < -0.3 is 14.8 Å². The van der Waals surface area contributed by atoms with Crippen LogP contribution in [0.2, 0.25) is 0 Å². The van der Waals surface area contributed by atoms with Crippen LogP contribution >= 0.6 is 11.3 Å². The van der Waals surface area contributed by atoms with Gasteiger partial charge in [-0.15, -0.1) is 0 Å². The van der Waals surface area contributed by atoms with E-state index in [0.717, 1.165) is 36.8 Å². The average molecular weight is 491 g/mol. The number of carbonyl (C=O) groups excluding carboxylic acids is 2. The number of ether oxygens (including phenoxy) is 2. The predicted octanol–water partition coefficient (Wildman–Crippen LogP) is 5.29. The zero-order valence-electron chi connectivity index (χ0n) is 19.7. The van der Waals surface area contributed by atoms with E-state index in [1.807, 2.05) is 65.4 Å². The normalized spacial score (nSPS) is 16.3. The van der Waals surface area contributed by atoms with Gasteiger partial charge in [-0.1, -0.05) is 49.6 Å². The molecule has 1 aliphatic heterocycles. The molecule has 0 bridgehead atoms. The van der Waals surface area contributed by atoms with Gasteiger partial charge in [-0.25, -0.2) is 0 Å². The summed E-state index contributed by atoms with van der Waals surface area (Å²) in [6.45, 7) is 0.938. The van der Waals surface area contributed by atoms with Gasteiger partial charge in [-0.3, -0.25) is 14.5 Å². The average Bonchev–Trinajstić information content (AvgIpc) is 3.41. The van der Waals surface area contributed by atoms with Gasteiger partial charge in [0.05, 0.1) is 6.42 Å². The first-order chi connectivity index (χ1) is 17.2. The Labute approximate surface area is 209 Å². The third-order valence-electron chi connectivity index (χ3n) is 6.58. The fourth-order valence-electron chi connectivity index (χ4n) is 4.85. The number of anilines is 1. The summed E-state index contributed by atoms with van der Waals surface area (Å²) in [6, 6.07) is 16.3. The standard InChI is InChI=1S/C28H30N2O4S/c31-26(17-20-13-16-35-19-20)30(23-11-12-24-25(18-23)34-15-14-33-24)27(21-7-3-1-4-8-21)28(32)29-22-9-5-2-6-10-22/h1,3-4,7-8,11-13,16,18-19,22,27H,2,5-6,9-10,14-15,17H2,(H,29,32)/t27-/m0/s1. The zero-order chi connectivity index (χ0) is 24.0. The summed E-state index contributed by atoms with van der Waals surface area (Å²) in [4.78, 5) is 29.4. The Kier molecular flexibility index (Phi) is 7.33. The van der Waals surface area contributed by atoms with Crippen molar-refractivity contribution >= 4 is 28.8 Å². The van der Waals surface area contributed by atoms with Gasteiger partial charge in [0.15, 0.2) is 11.5 Å². The Balaban J connectivity index is 1.54. The van der Waals surface area contributed by atoms with Crippen LogP contribution in [0.15, 0.2) is 65.4 Å². The molecular formula is C28H30N2O4S. The Morgan fingerprint density at radius 3 is 2.49 bits per heavy atom. The van der Waals surface area contributed by atoms with Gasteiger partial charge in [0, 0.05) is 17.8 Å². The van der Waals surface area contributed by atoms with E-state index < -0.39 is 6.04 Å². The smallest absolute Gasteiger partial charge is 0.248 e. The first-order valence-corrected chi connectivity index (χ1v) is 13.2. The highest BCUT2D eigenvalue weighted by molar-refractivity contribution is 7.08. The highest BCUT2D eigenvalue weighted by Crippen LogP contribution is 2.37. The topological polar surface area (TPSA) is 67.9 Å². The van der Waals surface area contributed by atoms with Crippen molar-refractivity contribution in [1.82, 2.24) is 5.32 Å². The Bertz CT molecular complexity index is 1140. The molecular weight excluding hydrogens is 460 g/mol. The molecule has 1 fully saturated rings. The summed E-state index contributed by atoms with van der Waals surface area (Å²) in [7, 11) is 0. The van der Waals surface area contributed by atoms with E-state index in [9.17, 15) is 9.59 Å². The van der Waals surface area contributed by atoms with Crippen LogP contribution in [0, 0.1) is 0 Å². The van der Waals surface area contributed by atoms with Crippen LogP contribution in [0.25, 0.3) is 0 Å². The van der Waals surface area contributed by atoms with Crippen LogP contribution < -0.4 is 19.7 Å². The van der Waals surface area contributed by atoms with Gasteiger partial charge in [0.1, 0.15) is 19.3 Å². The summed E-state index contributed by atoms with van der Waals surface area (Å²) in [5.41, 5.74) is 2.32. The number of nitrogens with one attached hydrogen (secondary N) is 1. The first kappa shape index (κ1) is 23.4. The van der Waals surface area contributed by atoms with E-state index in [1.165, 1.54) is 6.42 Å². The van der Waals surface area contributed by atoms with E-state index in [1.54, 1.807) is 16.2 Å². The molecule has 2 aromatic carbocycles. The Morgan fingerprint density at radius 1 is 0.971 bits per heavy atom. The lowest BCUT2D eigenvalue weighted by molar-refractivity contribution is -0.127. The van der Waals surface area contributed by atoms with E-state index >= 15 is 0 Å². The molecule has 3 aromatic rings. The van der Waals surface area contributed by atoms with E-state index in [4.69, 9.17) is 9.47 Å². The summed E-state index contributed by atoms with van der Waals surface area (Å²) < 4.78 is 11.5. The highest BCUT2D eigenvalue weighted by Gasteiger charge is 2.34. The first-order valence-electron chi connectivity index (χ1n) is 12.3. The number of hydrogen-bond donors (Lipinski definition) is 1. The maximum absolute atomic E-state index is 13.9. The molecule has 0 saturated heterocycles. The minimum atomic E-state index is -0.799. The second kappa shape index (κ2) is 11.0. The Morgan fingerprint density at radius 2 is 1.74 bits per heavy atom. The molecule has 6 nitrogen and oxygen atoms in total. The third-order valence-corrected chi connectivity index (χ3v) is 7.31. The van der Waals surface area contributed by atoms with Crippen LogP contribution in [0.1, 0.15) is 49.3 Å². The van der Waals surface area contributed by atoms with Crippen molar-refractivity contribution in [3.8, 4) is 11.5 Å². The van der Waals surface area contributed by atoms with Gasteiger partial charge in [0.25, 0.3) is 0 Å². The van der Waals surface area contributed by atoms with Crippen molar-refractivity contribution in [3.05, 3.63) is 76.5 Å².